The van der Waals surface area contributed by atoms with E-state index in [2.05, 4.69) is 26.7 Å². The second-order valence-corrected chi connectivity index (χ2v) is 10.2. The first-order valence-corrected chi connectivity index (χ1v) is 12.6. The molecule has 0 bridgehead atoms. The van der Waals surface area contributed by atoms with Crippen LogP contribution < -0.4 is 0 Å². The Morgan fingerprint density at radius 1 is 1.10 bits per heavy atom. The van der Waals surface area contributed by atoms with Crippen molar-refractivity contribution in [3.05, 3.63) is 52.5 Å². The minimum absolute atomic E-state index is 0.174. The summed E-state index contributed by atoms with van der Waals surface area (Å²) >= 11 is 1.72. The monoisotopic (exact) mass is 437 g/mol. The topological polar surface area (TPSA) is 53.5 Å². The number of hydrogen-bond donors (Lipinski definition) is 0. The van der Waals surface area contributed by atoms with E-state index in [1.54, 1.807) is 23.7 Å². The average molecular weight is 438 g/mol. The maximum absolute atomic E-state index is 13.5. The summed E-state index contributed by atoms with van der Waals surface area (Å²) in [5.41, 5.74) is 2.30. The summed E-state index contributed by atoms with van der Waals surface area (Å²) in [5.74, 6) is 1.42. The average Bonchev–Trinajstić information content (AvgIpc) is 3.47. The summed E-state index contributed by atoms with van der Waals surface area (Å²) < 4.78 is 0. The van der Waals surface area contributed by atoms with E-state index in [9.17, 15) is 9.59 Å². The molecule has 0 spiro atoms. The number of carbonyl (C=O) groups excluding carboxylic acids is 2. The van der Waals surface area contributed by atoms with Crippen molar-refractivity contribution in [3.63, 3.8) is 0 Å². The van der Waals surface area contributed by atoms with E-state index >= 15 is 0 Å². The van der Waals surface area contributed by atoms with Gasteiger partial charge in [-0.1, -0.05) is 25.3 Å². The van der Waals surface area contributed by atoms with Crippen LogP contribution in [0.5, 0.6) is 0 Å². The van der Waals surface area contributed by atoms with Crippen molar-refractivity contribution in [2.45, 2.75) is 56.9 Å². The Balaban J connectivity index is 1.33. The molecule has 0 unspecified atom stereocenters. The van der Waals surface area contributed by atoms with Crippen LogP contribution in [0.25, 0.3) is 0 Å². The number of aromatic nitrogens is 1. The van der Waals surface area contributed by atoms with E-state index in [0.717, 1.165) is 44.5 Å². The highest BCUT2D eigenvalue weighted by molar-refractivity contribution is 7.08. The van der Waals surface area contributed by atoms with Gasteiger partial charge in [-0.25, -0.2) is 0 Å². The molecule has 3 atom stereocenters. The maximum atomic E-state index is 13.5. The highest BCUT2D eigenvalue weighted by atomic mass is 32.1. The third-order valence-corrected chi connectivity index (χ3v) is 8.27. The summed E-state index contributed by atoms with van der Waals surface area (Å²) in [6.45, 7) is 2.30. The molecule has 164 valence electrons. The summed E-state index contributed by atoms with van der Waals surface area (Å²) in [6, 6.07) is 6.32. The number of pyridine rings is 1. The van der Waals surface area contributed by atoms with Crippen LogP contribution in [-0.2, 0) is 16.0 Å². The van der Waals surface area contributed by atoms with Gasteiger partial charge in [0.15, 0.2) is 0 Å². The van der Waals surface area contributed by atoms with Crippen LogP contribution in [0.1, 0.15) is 55.6 Å². The second-order valence-electron chi connectivity index (χ2n) is 9.39. The van der Waals surface area contributed by atoms with Crippen molar-refractivity contribution in [3.8, 4) is 0 Å². The maximum Gasteiger partial charge on any atom is 0.227 e. The molecule has 0 N–H and O–H groups in total. The lowest BCUT2D eigenvalue weighted by atomic mass is 9.82. The highest BCUT2D eigenvalue weighted by Gasteiger charge is 2.48. The smallest absolute Gasteiger partial charge is 0.227 e. The molecular formula is C25H31N3O2S. The van der Waals surface area contributed by atoms with Gasteiger partial charge in [0.2, 0.25) is 11.8 Å². The number of likely N-dealkylation sites (tertiary alicyclic amines) is 2. The Morgan fingerprint density at radius 3 is 2.71 bits per heavy atom. The number of carbonyl (C=O) groups is 2. The van der Waals surface area contributed by atoms with E-state index in [1.807, 2.05) is 17.0 Å². The number of fused-ring (bicyclic) bond motifs is 1. The van der Waals surface area contributed by atoms with Gasteiger partial charge in [0, 0.05) is 55.8 Å². The van der Waals surface area contributed by atoms with Gasteiger partial charge >= 0.3 is 0 Å². The molecule has 5 rings (SSSR count). The molecule has 2 aromatic rings. The number of piperidine rings is 1. The van der Waals surface area contributed by atoms with Gasteiger partial charge in [0.25, 0.3) is 0 Å². The highest BCUT2D eigenvalue weighted by Crippen LogP contribution is 2.43. The van der Waals surface area contributed by atoms with Crippen LogP contribution in [0, 0.1) is 11.8 Å². The molecule has 31 heavy (non-hydrogen) atoms. The van der Waals surface area contributed by atoms with Gasteiger partial charge in [0.1, 0.15) is 0 Å². The van der Waals surface area contributed by atoms with Gasteiger partial charge in [0.05, 0.1) is 6.42 Å². The molecule has 0 radical (unpaired) electrons. The van der Waals surface area contributed by atoms with Crippen LogP contribution in [0.2, 0.25) is 0 Å². The molecule has 2 saturated heterocycles. The molecule has 2 aromatic heterocycles. The van der Waals surface area contributed by atoms with Crippen molar-refractivity contribution in [1.82, 2.24) is 14.8 Å². The number of amides is 2. The summed E-state index contributed by atoms with van der Waals surface area (Å²) in [5, 5.41) is 4.36. The molecule has 6 heteroatoms. The number of nitrogens with zero attached hydrogens (tertiary/aromatic N) is 3. The van der Waals surface area contributed by atoms with E-state index < -0.39 is 0 Å². The normalized spacial score (nSPS) is 26.6. The Hall–Kier alpha value is -2.21. The first kappa shape index (κ1) is 20.7. The van der Waals surface area contributed by atoms with E-state index in [1.165, 1.54) is 24.8 Å². The molecular weight excluding hydrogens is 406 g/mol. The molecule has 1 saturated carbocycles. The predicted octanol–water partition coefficient (Wildman–Crippen LogP) is 4.11. The minimum atomic E-state index is 0.174. The first-order valence-electron chi connectivity index (χ1n) is 11.7. The van der Waals surface area contributed by atoms with E-state index in [-0.39, 0.29) is 17.9 Å². The Kier molecular flexibility index (Phi) is 6.08. The zero-order chi connectivity index (χ0) is 21.2. The number of thiophene rings is 1. The molecule has 0 aromatic carbocycles. The molecule has 5 nitrogen and oxygen atoms in total. The van der Waals surface area contributed by atoms with Gasteiger partial charge in [-0.3, -0.25) is 14.6 Å². The fourth-order valence-corrected chi connectivity index (χ4v) is 6.65. The van der Waals surface area contributed by atoms with Crippen LogP contribution in [0.3, 0.4) is 0 Å². The van der Waals surface area contributed by atoms with Crippen LogP contribution in [-0.4, -0.2) is 52.3 Å². The van der Waals surface area contributed by atoms with Crippen LogP contribution in [0.4, 0.5) is 0 Å². The number of hydrogen-bond acceptors (Lipinski definition) is 4. The van der Waals surface area contributed by atoms with Gasteiger partial charge in [-0.2, -0.15) is 11.3 Å². The van der Waals surface area contributed by atoms with Gasteiger partial charge in [-0.05, 0) is 53.3 Å². The van der Waals surface area contributed by atoms with Crippen LogP contribution in [0.15, 0.2) is 41.4 Å². The summed E-state index contributed by atoms with van der Waals surface area (Å²) in [4.78, 5) is 34.9. The summed E-state index contributed by atoms with van der Waals surface area (Å²) in [7, 11) is 0. The first-order chi connectivity index (χ1) is 15.2. The fraction of sp³-hybridized carbons (Fsp3) is 0.560. The minimum Gasteiger partial charge on any atom is -0.342 e. The lowest BCUT2D eigenvalue weighted by Gasteiger charge is -2.40. The predicted molar refractivity (Wildman–Crippen MR) is 122 cm³/mol. The Morgan fingerprint density at radius 2 is 1.97 bits per heavy atom. The number of rotatable bonds is 4. The second kappa shape index (κ2) is 9.11. The molecule has 4 heterocycles. The van der Waals surface area contributed by atoms with Gasteiger partial charge < -0.3 is 9.80 Å². The molecule has 2 aliphatic heterocycles. The van der Waals surface area contributed by atoms with Crippen molar-refractivity contribution >= 4 is 23.2 Å². The molecule has 3 aliphatic rings. The fourth-order valence-electron chi connectivity index (χ4n) is 5.93. The molecule has 2 amide bonds. The third kappa shape index (κ3) is 4.27. The van der Waals surface area contributed by atoms with Crippen molar-refractivity contribution in [2.24, 2.45) is 11.8 Å². The zero-order valence-corrected chi connectivity index (χ0v) is 18.8. The lowest BCUT2D eigenvalue weighted by molar-refractivity contribution is -0.139. The molecule has 3 fully saturated rings. The SMILES string of the molecule is O=C(Cc1cccnc1)N1CC[C@@H]2[C@H](C1)[C@@H](c1ccsc1)CN2C(=O)C1CCCCC1. The Bertz CT molecular complexity index is 895. The quantitative estimate of drug-likeness (QED) is 0.723. The van der Waals surface area contributed by atoms with Crippen molar-refractivity contribution in [1.29, 1.82) is 0 Å². The van der Waals surface area contributed by atoms with E-state index in [4.69, 9.17) is 0 Å². The van der Waals surface area contributed by atoms with Gasteiger partial charge in [-0.15, -0.1) is 0 Å². The summed E-state index contributed by atoms with van der Waals surface area (Å²) in [6.07, 6.45) is 10.5. The van der Waals surface area contributed by atoms with E-state index in [0.29, 0.717) is 24.2 Å². The standard InChI is InChI=1S/C25H31N3O2S/c29-24(13-18-5-4-10-26-14-18)27-11-8-23-22(15-27)21(20-9-12-31-17-20)16-28(23)25(30)19-6-2-1-3-7-19/h4-5,9-10,12,14,17,19,21-23H,1-3,6-8,11,13,15-16H2/t21-,22-,23-/m1/s1. The third-order valence-electron chi connectivity index (χ3n) is 7.57. The van der Waals surface area contributed by atoms with Crippen LogP contribution >= 0.6 is 11.3 Å². The largest absolute Gasteiger partial charge is 0.342 e. The molecule has 1 aliphatic carbocycles. The lowest BCUT2D eigenvalue weighted by Crippen LogP contribution is -2.51. The van der Waals surface area contributed by atoms with Crippen molar-refractivity contribution in [2.75, 3.05) is 19.6 Å². The Labute approximate surface area is 188 Å². The van der Waals surface area contributed by atoms with Crippen molar-refractivity contribution < 1.29 is 9.59 Å². The zero-order valence-electron chi connectivity index (χ0n) is 18.0.